The molecule has 2 aromatic rings. The standard InChI is InChI=1S/C15H20Cl2.C12H14Cl2O2.C4H8Br2.CO2.CH4/c1-14(2,3)15(6-4-5-7-15)11-8-12(16)10-13(17)9-11;1-12(2,3)16-11(15)6-8-4-9(13)7-10(14)5-8;5-3-1-2-4-6;2-1-3;/h8-10H,4-7H2,1-3H3;4-5,7H,6H2,1-3H3;1-4H2;;1H4. The zero-order valence-electron chi connectivity index (χ0n) is 25.2. The van der Waals surface area contributed by atoms with Gasteiger partial charge in [-0.05, 0) is 99.4 Å². The maximum atomic E-state index is 11.5. The molecule has 0 radical (unpaired) electrons. The Hall–Kier alpha value is -0.590. The van der Waals surface area contributed by atoms with Crippen LogP contribution in [0.25, 0.3) is 0 Å². The molecule has 3 rings (SSSR count). The van der Waals surface area contributed by atoms with Gasteiger partial charge in [0, 0.05) is 36.2 Å². The summed E-state index contributed by atoms with van der Waals surface area (Å²) in [7, 11) is 0. The number of ether oxygens (including phenoxy) is 1. The van der Waals surface area contributed by atoms with Crippen molar-refractivity contribution in [3.05, 3.63) is 67.6 Å². The number of benzene rings is 2. The normalized spacial score (nSPS) is 13.4. The van der Waals surface area contributed by atoms with E-state index in [0.717, 1.165) is 26.3 Å². The molecular weight excluding hydrogens is 762 g/mol. The monoisotopic (exact) mass is 804 g/mol. The summed E-state index contributed by atoms with van der Waals surface area (Å²) in [6.45, 7) is 12.5. The van der Waals surface area contributed by atoms with Crippen LogP contribution in [0.3, 0.4) is 0 Å². The van der Waals surface area contributed by atoms with Gasteiger partial charge in [-0.2, -0.15) is 9.59 Å². The molecule has 4 nitrogen and oxygen atoms in total. The number of carbonyl (C=O) groups excluding carboxylic acids is 3. The highest BCUT2D eigenvalue weighted by Gasteiger charge is 2.45. The molecule has 0 bridgehead atoms. The number of unbranched alkanes of at least 4 members (excludes halogenated alkanes) is 1. The molecule has 1 aliphatic rings. The van der Waals surface area contributed by atoms with Crippen LogP contribution in [0.4, 0.5) is 0 Å². The Kier molecular flexibility index (Phi) is 22.8. The number of rotatable bonds is 6. The van der Waals surface area contributed by atoms with Crippen molar-refractivity contribution >= 4 is 90.4 Å². The van der Waals surface area contributed by atoms with E-state index < -0.39 is 5.60 Å². The lowest BCUT2D eigenvalue weighted by Crippen LogP contribution is -2.37. The summed E-state index contributed by atoms with van der Waals surface area (Å²) < 4.78 is 5.20. The maximum Gasteiger partial charge on any atom is 0.373 e. The van der Waals surface area contributed by atoms with Gasteiger partial charge in [0.15, 0.2) is 0 Å². The van der Waals surface area contributed by atoms with Gasteiger partial charge in [0.25, 0.3) is 0 Å². The van der Waals surface area contributed by atoms with Crippen LogP contribution in [-0.4, -0.2) is 28.4 Å². The van der Waals surface area contributed by atoms with Crippen LogP contribution in [-0.2, 0) is 31.0 Å². The van der Waals surface area contributed by atoms with E-state index in [1.807, 2.05) is 26.8 Å². The fraction of sp³-hybridized carbons (Fsp3) is 0.576. The minimum absolute atomic E-state index is 0. The van der Waals surface area contributed by atoms with Crippen LogP contribution >= 0.6 is 78.3 Å². The van der Waals surface area contributed by atoms with E-state index >= 15 is 0 Å². The predicted molar refractivity (Wildman–Crippen MR) is 191 cm³/mol. The van der Waals surface area contributed by atoms with Gasteiger partial charge in [-0.15, -0.1) is 0 Å². The van der Waals surface area contributed by atoms with Crippen molar-refractivity contribution in [1.82, 2.24) is 0 Å². The first kappa shape index (κ1) is 44.5. The summed E-state index contributed by atoms with van der Waals surface area (Å²) in [5, 5.41) is 4.82. The number of esters is 1. The van der Waals surface area contributed by atoms with E-state index in [9.17, 15) is 4.79 Å². The summed E-state index contributed by atoms with van der Waals surface area (Å²) in [5.74, 6) is -0.286. The minimum Gasteiger partial charge on any atom is -0.460 e. The van der Waals surface area contributed by atoms with E-state index in [4.69, 9.17) is 60.7 Å². The fourth-order valence-corrected chi connectivity index (χ4v) is 6.62. The second kappa shape index (κ2) is 22.0. The van der Waals surface area contributed by atoms with Crippen LogP contribution in [0.15, 0.2) is 36.4 Å². The molecule has 0 aliphatic heterocycles. The minimum atomic E-state index is -0.473. The van der Waals surface area contributed by atoms with Crippen LogP contribution in [0.2, 0.25) is 20.1 Å². The third kappa shape index (κ3) is 18.2. The van der Waals surface area contributed by atoms with E-state index in [0.29, 0.717) is 10.0 Å². The zero-order valence-corrected chi connectivity index (χ0v) is 31.4. The molecule has 2 aromatic carbocycles. The van der Waals surface area contributed by atoms with Gasteiger partial charge < -0.3 is 4.74 Å². The number of alkyl halides is 2. The van der Waals surface area contributed by atoms with Gasteiger partial charge in [-0.3, -0.25) is 4.79 Å². The van der Waals surface area contributed by atoms with Gasteiger partial charge >= 0.3 is 12.1 Å². The molecule has 0 N–H and O–H groups in total. The SMILES string of the molecule is BrCCCCBr.C.CC(C)(C)C1(c2cc(Cl)cc(Cl)c2)CCCC1.CC(C)(C)OC(=O)Cc1cc(Cl)cc(Cl)c1.O=C=O. The third-order valence-corrected chi connectivity index (χ3v) is 8.51. The van der Waals surface area contributed by atoms with Crippen LogP contribution in [0.5, 0.6) is 0 Å². The van der Waals surface area contributed by atoms with Crippen molar-refractivity contribution in [2.24, 2.45) is 5.41 Å². The second-order valence-corrected chi connectivity index (χ2v) is 15.2. The van der Waals surface area contributed by atoms with Crippen molar-refractivity contribution in [3.63, 3.8) is 0 Å². The highest BCUT2D eigenvalue weighted by atomic mass is 79.9. The zero-order chi connectivity index (χ0) is 32.6. The Bertz CT molecular complexity index is 1090. The van der Waals surface area contributed by atoms with Crippen LogP contribution < -0.4 is 0 Å². The Morgan fingerprint density at radius 3 is 1.49 bits per heavy atom. The van der Waals surface area contributed by atoms with Gasteiger partial charge in [0.2, 0.25) is 0 Å². The Balaban J connectivity index is 0. The summed E-state index contributed by atoms with van der Waals surface area (Å²) in [6, 6.07) is 11.1. The molecule has 0 spiro atoms. The number of carbonyl (C=O) groups is 1. The Morgan fingerprint density at radius 2 is 1.16 bits per heavy atom. The van der Waals surface area contributed by atoms with Crippen molar-refractivity contribution < 1.29 is 19.1 Å². The first-order valence-corrected chi connectivity index (χ1v) is 17.4. The van der Waals surface area contributed by atoms with E-state index in [-0.39, 0.29) is 36.8 Å². The number of hydrogen-bond donors (Lipinski definition) is 0. The molecule has 0 atom stereocenters. The molecule has 43 heavy (non-hydrogen) atoms. The lowest BCUT2D eigenvalue weighted by atomic mass is 9.61. The van der Waals surface area contributed by atoms with Crippen molar-refractivity contribution in [2.45, 2.75) is 105 Å². The highest BCUT2D eigenvalue weighted by molar-refractivity contribution is 9.09. The average Bonchev–Trinajstić information content (AvgIpc) is 3.33. The first-order chi connectivity index (χ1) is 19.4. The lowest BCUT2D eigenvalue weighted by molar-refractivity contribution is -0.191. The van der Waals surface area contributed by atoms with Gasteiger partial charge in [-0.1, -0.05) is 119 Å². The molecule has 0 heterocycles. The molecule has 10 heteroatoms. The average molecular weight is 808 g/mol. The van der Waals surface area contributed by atoms with Crippen molar-refractivity contribution in [3.8, 4) is 0 Å². The predicted octanol–water partition coefficient (Wildman–Crippen LogP) is 12.3. The van der Waals surface area contributed by atoms with Gasteiger partial charge in [0.1, 0.15) is 5.60 Å². The first-order valence-electron chi connectivity index (χ1n) is 13.7. The Labute approximate surface area is 296 Å². The molecule has 244 valence electrons. The van der Waals surface area contributed by atoms with Crippen LogP contribution in [0, 0.1) is 5.41 Å². The summed E-state index contributed by atoms with van der Waals surface area (Å²) in [6.07, 6.45) is 8.09. The molecule has 1 saturated carbocycles. The molecule has 0 unspecified atom stereocenters. The van der Waals surface area contributed by atoms with E-state index in [2.05, 4.69) is 64.8 Å². The molecule has 0 saturated heterocycles. The van der Waals surface area contributed by atoms with E-state index in [1.165, 1.54) is 44.1 Å². The fourth-order valence-electron chi connectivity index (χ4n) is 4.73. The van der Waals surface area contributed by atoms with Crippen LogP contribution in [0.1, 0.15) is 98.6 Å². The van der Waals surface area contributed by atoms with E-state index in [1.54, 1.807) is 18.2 Å². The number of halogens is 6. The molecule has 1 aliphatic carbocycles. The smallest absolute Gasteiger partial charge is 0.373 e. The van der Waals surface area contributed by atoms with Crippen molar-refractivity contribution in [2.75, 3.05) is 10.7 Å². The lowest BCUT2D eigenvalue weighted by Gasteiger charge is -2.43. The number of hydrogen-bond acceptors (Lipinski definition) is 4. The summed E-state index contributed by atoms with van der Waals surface area (Å²) in [5.41, 5.74) is 2.09. The summed E-state index contributed by atoms with van der Waals surface area (Å²) in [4.78, 5) is 27.8. The van der Waals surface area contributed by atoms with Gasteiger partial charge in [0.05, 0.1) is 6.42 Å². The quantitative estimate of drug-likeness (QED) is 0.166. The van der Waals surface area contributed by atoms with Gasteiger partial charge in [-0.25, -0.2) is 0 Å². The Morgan fingerprint density at radius 1 is 0.791 bits per heavy atom. The third-order valence-electron chi connectivity index (χ3n) is 6.52. The highest BCUT2D eigenvalue weighted by Crippen LogP contribution is 2.53. The summed E-state index contributed by atoms with van der Waals surface area (Å²) >= 11 is 30.6. The van der Waals surface area contributed by atoms with Crippen molar-refractivity contribution in [1.29, 1.82) is 0 Å². The largest absolute Gasteiger partial charge is 0.460 e. The molecule has 1 fully saturated rings. The maximum absolute atomic E-state index is 11.5. The molecule has 0 amide bonds. The molecular formula is C33H46Br2Cl4O4. The topological polar surface area (TPSA) is 60.4 Å². The second-order valence-electron chi connectivity index (χ2n) is 11.9. The molecule has 0 aromatic heterocycles.